The van der Waals surface area contributed by atoms with Gasteiger partial charge in [0.05, 0.1) is 27.6 Å². The third-order valence-corrected chi connectivity index (χ3v) is 9.86. The molecule has 17 N–H and O–H groups in total. The first kappa shape index (κ1) is 50.4. The SMILES string of the molecule is COc1cc(N)ccc1C(=O)O.NNC(=O)c1ccncc1.Nc1c(Br)cc(C(=O)O)cc1Br.Nc1c(I)cc(C(=O)O)c(O)c1I.Nc1ccc(C(=O)O)c(O)c1. The van der Waals surface area contributed by atoms with Crippen molar-refractivity contribution in [2.24, 2.45) is 5.84 Å². The van der Waals surface area contributed by atoms with Gasteiger partial charge in [-0.15, -0.1) is 0 Å². The van der Waals surface area contributed by atoms with Gasteiger partial charge in [-0.25, -0.2) is 25.0 Å². The number of nitrogens with one attached hydrogen (secondary N) is 1. The number of hydrogen-bond acceptors (Lipinski definition) is 14. The van der Waals surface area contributed by atoms with Crippen molar-refractivity contribution in [3.05, 3.63) is 123 Å². The number of ether oxygens (including phenoxy) is 1. The van der Waals surface area contributed by atoms with Crippen molar-refractivity contribution in [1.29, 1.82) is 0 Å². The first-order valence-corrected chi connectivity index (χ1v) is 18.9. The van der Waals surface area contributed by atoms with Gasteiger partial charge in [-0.1, -0.05) is 0 Å². The number of hydrazine groups is 1. The average molecular weight is 1160 g/mol. The van der Waals surface area contributed by atoms with E-state index in [-0.39, 0.29) is 45.4 Å². The van der Waals surface area contributed by atoms with Crippen LogP contribution in [0.25, 0.3) is 0 Å². The van der Waals surface area contributed by atoms with Gasteiger partial charge < -0.3 is 58.3 Å². The third-order valence-electron chi connectivity index (χ3n) is 6.57. The van der Waals surface area contributed by atoms with E-state index in [1.54, 1.807) is 12.1 Å². The highest BCUT2D eigenvalue weighted by Gasteiger charge is 2.17. The zero-order valence-corrected chi connectivity index (χ0v) is 37.0. The predicted octanol–water partition coefficient (Wildman–Crippen LogP) is 5.71. The molecular formula is C35H33Br2I2N7O12. The van der Waals surface area contributed by atoms with Crippen LogP contribution in [-0.2, 0) is 0 Å². The molecule has 19 nitrogen and oxygen atoms in total. The fourth-order valence-corrected chi connectivity index (χ4v) is 6.56. The Morgan fingerprint density at radius 2 is 1.14 bits per heavy atom. The van der Waals surface area contributed by atoms with Crippen molar-refractivity contribution in [3.8, 4) is 17.2 Å². The number of halogens is 4. The lowest BCUT2D eigenvalue weighted by atomic mass is 10.2. The van der Waals surface area contributed by atoms with Crippen LogP contribution in [0.1, 0.15) is 51.8 Å². The van der Waals surface area contributed by atoms with Crippen LogP contribution in [0.3, 0.4) is 0 Å². The molecule has 308 valence electrons. The van der Waals surface area contributed by atoms with Crippen molar-refractivity contribution >= 4 is 130 Å². The van der Waals surface area contributed by atoms with Crippen LogP contribution in [-0.4, -0.2) is 72.5 Å². The number of carbonyl (C=O) groups excluding carboxylic acids is 1. The Morgan fingerprint density at radius 1 is 0.655 bits per heavy atom. The van der Waals surface area contributed by atoms with E-state index in [1.807, 2.05) is 50.6 Å². The molecule has 0 aliphatic carbocycles. The number of carbonyl (C=O) groups is 5. The Balaban J connectivity index is 0.000000363. The van der Waals surface area contributed by atoms with Gasteiger partial charge in [0.2, 0.25) is 0 Å². The zero-order chi connectivity index (χ0) is 44.4. The molecule has 0 unspecified atom stereocenters. The first-order chi connectivity index (χ1) is 27.1. The third kappa shape index (κ3) is 15.7. The summed E-state index contributed by atoms with van der Waals surface area (Å²) in [5, 5.41) is 52.9. The van der Waals surface area contributed by atoms with Crippen LogP contribution >= 0.6 is 77.0 Å². The van der Waals surface area contributed by atoms with Gasteiger partial charge in [-0.2, -0.15) is 0 Å². The summed E-state index contributed by atoms with van der Waals surface area (Å²) in [5.74, 6) is -0.0395. The Hall–Kier alpha value is -5.64. The van der Waals surface area contributed by atoms with Gasteiger partial charge in [-0.05, 0) is 132 Å². The number of carboxylic acid groups (broad SMARTS) is 4. The molecule has 0 saturated carbocycles. The van der Waals surface area contributed by atoms with Crippen molar-refractivity contribution in [3.63, 3.8) is 0 Å². The number of aromatic hydroxyl groups is 2. The van der Waals surface area contributed by atoms with E-state index in [2.05, 4.69) is 36.8 Å². The van der Waals surface area contributed by atoms with Crippen LogP contribution in [0.4, 0.5) is 22.7 Å². The van der Waals surface area contributed by atoms with Crippen LogP contribution in [0.2, 0.25) is 0 Å². The van der Waals surface area contributed by atoms with E-state index in [4.69, 9.17) is 59.0 Å². The monoisotopic (exact) mass is 1150 g/mol. The lowest BCUT2D eigenvalue weighted by molar-refractivity contribution is 0.0682. The molecule has 0 atom stereocenters. The number of benzene rings is 4. The Bertz CT molecular complexity index is 2270. The molecule has 1 amide bonds. The van der Waals surface area contributed by atoms with Crippen molar-refractivity contribution in [2.75, 3.05) is 30.0 Å². The maximum Gasteiger partial charge on any atom is 0.339 e. The standard InChI is InChI=1S/C8H9NO3.C7H5Br2NO2.C7H5I2NO3.C7H7NO3.C6H7N3O/c1-12-7-4-5(9)2-3-6(7)8(10)11;8-4-1-3(7(11)12)2-5(9)6(4)10;8-3-1-2(7(12)13)6(11)4(9)5(3)10;8-4-1-2-5(7(10)11)6(9)3-4;7-9-6(10)5-1-3-8-4-2-5/h2-4H,9H2,1H3,(H,10,11);1-2H,10H2,(H,11,12);1,11H,10H2,(H,12,13);1-3,9H,8H2,(H,10,11);1-4H,7H2,(H,9,10). The molecule has 5 rings (SSSR count). The molecule has 58 heavy (non-hydrogen) atoms. The minimum Gasteiger partial charge on any atom is -0.507 e. The highest BCUT2D eigenvalue weighted by Crippen LogP contribution is 2.33. The van der Waals surface area contributed by atoms with E-state index < -0.39 is 23.9 Å². The Labute approximate surface area is 372 Å². The van der Waals surface area contributed by atoms with Gasteiger partial charge in [0.25, 0.3) is 5.91 Å². The first-order valence-electron chi connectivity index (χ1n) is 15.1. The number of aromatic carboxylic acids is 4. The van der Waals surface area contributed by atoms with Crippen molar-refractivity contribution in [2.45, 2.75) is 0 Å². The number of nitrogens with two attached hydrogens (primary N) is 5. The summed E-state index contributed by atoms with van der Waals surface area (Å²) in [5.41, 5.74) is 26.2. The maximum absolute atomic E-state index is 10.7. The summed E-state index contributed by atoms with van der Waals surface area (Å²) in [6.07, 6.45) is 3.06. The van der Waals surface area contributed by atoms with E-state index in [0.717, 1.165) is 0 Å². The highest BCUT2D eigenvalue weighted by molar-refractivity contribution is 14.1. The number of phenols is 2. The summed E-state index contributed by atoms with van der Waals surface area (Å²) in [4.78, 5) is 56.6. The summed E-state index contributed by atoms with van der Waals surface area (Å²) < 4.78 is 6.98. The maximum atomic E-state index is 10.7. The Morgan fingerprint density at radius 3 is 1.57 bits per heavy atom. The predicted molar refractivity (Wildman–Crippen MR) is 238 cm³/mol. The van der Waals surface area contributed by atoms with Gasteiger partial charge in [-0.3, -0.25) is 15.2 Å². The lowest BCUT2D eigenvalue weighted by Crippen LogP contribution is -2.29. The molecule has 0 spiro atoms. The van der Waals surface area contributed by atoms with Crippen molar-refractivity contribution < 1.29 is 59.3 Å². The number of pyridine rings is 1. The van der Waals surface area contributed by atoms with Crippen LogP contribution in [0, 0.1) is 7.14 Å². The second kappa shape index (κ2) is 24.2. The number of nitrogen functional groups attached to an aromatic ring is 5. The summed E-state index contributed by atoms with van der Waals surface area (Å²) in [7, 11) is 1.40. The molecular weight excluding hydrogens is 1120 g/mol. The molecule has 0 saturated heterocycles. The largest absolute Gasteiger partial charge is 0.507 e. The minimum atomic E-state index is -1.16. The lowest BCUT2D eigenvalue weighted by Gasteiger charge is -2.06. The Kier molecular flexibility index (Phi) is 21.0. The molecule has 5 aromatic rings. The quantitative estimate of drug-likeness (QED) is 0.0318. The molecule has 23 heteroatoms. The fourth-order valence-electron chi connectivity index (χ4n) is 3.69. The second-order valence-electron chi connectivity index (χ2n) is 10.5. The number of nitrogens with zero attached hydrogens (tertiary/aromatic N) is 1. The topological polar surface area (TPSA) is 371 Å². The van der Waals surface area contributed by atoms with Gasteiger partial charge in [0.15, 0.2) is 0 Å². The molecule has 0 aliphatic rings. The highest BCUT2D eigenvalue weighted by atomic mass is 127. The summed E-state index contributed by atoms with van der Waals surface area (Å²) in [6, 6.07) is 15.7. The summed E-state index contributed by atoms with van der Waals surface area (Å²) >= 11 is 10.0. The zero-order valence-electron chi connectivity index (χ0n) is 29.5. The number of rotatable bonds is 6. The normalized spacial score (nSPS) is 9.55. The van der Waals surface area contributed by atoms with E-state index in [9.17, 15) is 29.1 Å². The second-order valence-corrected chi connectivity index (χ2v) is 14.5. The van der Waals surface area contributed by atoms with Crippen LogP contribution in [0.15, 0.2) is 88.1 Å². The number of aromatic nitrogens is 1. The van der Waals surface area contributed by atoms with Crippen LogP contribution in [0.5, 0.6) is 17.2 Å². The van der Waals surface area contributed by atoms with Gasteiger partial charge >= 0.3 is 23.9 Å². The molecule has 0 aliphatic heterocycles. The smallest absolute Gasteiger partial charge is 0.339 e. The number of carboxylic acids is 4. The fraction of sp³-hybridized carbons (Fsp3) is 0.0286. The van der Waals surface area contributed by atoms with Gasteiger partial charge in [0, 0.05) is 54.0 Å². The number of hydrogen-bond donors (Lipinski definition) is 12. The molecule has 4 aromatic carbocycles. The van der Waals surface area contributed by atoms with E-state index in [0.29, 0.717) is 44.4 Å². The molecule has 1 heterocycles. The van der Waals surface area contributed by atoms with Crippen molar-refractivity contribution in [1.82, 2.24) is 10.4 Å². The van der Waals surface area contributed by atoms with Crippen LogP contribution < -0.4 is 38.9 Å². The summed E-state index contributed by atoms with van der Waals surface area (Å²) in [6.45, 7) is 0. The molecule has 0 radical (unpaired) electrons. The van der Waals surface area contributed by atoms with Gasteiger partial charge in [0.1, 0.15) is 33.9 Å². The number of anilines is 4. The molecule has 0 bridgehead atoms. The number of amides is 1. The van der Waals surface area contributed by atoms with E-state index >= 15 is 0 Å². The average Bonchev–Trinajstić information content (AvgIpc) is 3.17. The van der Waals surface area contributed by atoms with E-state index in [1.165, 1.54) is 74.1 Å². The number of methoxy groups -OCH3 is 1. The molecule has 1 aromatic heterocycles. The molecule has 0 fully saturated rings. The minimum absolute atomic E-state index is 0.117.